The molecular formula is C13H19NO2S. The van der Waals surface area contributed by atoms with E-state index < -0.39 is 0 Å². The van der Waals surface area contributed by atoms with Crippen molar-refractivity contribution in [3.63, 3.8) is 0 Å². The van der Waals surface area contributed by atoms with E-state index in [2.05, 4.69) is 6.92 Å². The summed E-state index contributed by atoms with van der Waals surface area (Å²) < 4.78 is 5.20. The molecule has 2 N–H and O–H groups in total. The standard InChI is InChI=1S/C13H19NO2S/c1-3-6-16-13(15)11-9-5-4-8(2)7-10(9)17-12(11)14/h8H,3-7,14H2,1-2H3. The van der Waals surface area contributed by atoms with Crippen molar-refractivity contribution in [1.82, 2.24) is 0 Å². The third kappa shape index (κ3) is 2.46. The summed E-state index contributed by atoms with van der Waals surface area (Å²) >= 11 is 1.56. The van der Waals surface area contributed by atoms with E-state index in [1.54, 1.807) is 11.3 Å². The molecule has 17 heavy (non-hydrogen) atoms. The van der Waals surface area contributed by atoms with Crippen LogP contribution >= 0.6 is 11.3 Å². The molecule has 1 unspecified atom stereocenters. The van der Waals surface area contributed by atoms with Gasteiger partial charge in [0.1, 0.15) is 5.00 Å². The van der Waals surface area contributed by atoms with E-state index in [0.29, 0.717) is 23.1 Å². The Hall–Kier alpha value is -1.03. The van der Waals surface area contributed by atoms with Crippen LogP contribution in [-0.4, -0.2) is 12.6 Å². The van der Waals surface area contributed by atoms with Gasteiger partial charge < -0.3 is 10.5 Å². The van der Waals surface area contributed by atoms with Gasteiger partial charge in [0.15, 0.2) is 0 Å². The van der Waals surface area contributed by atoms with E-state index >= 15 is 0 Å². The number of hydrogen-bond acceptors (Lipinski definition) is 4. The number of carbonyl (C=O) groups excluding carboxylic acids is 1. The monoisotopic (exact) mass is 253 g/mol. The lowest BCUT2D eigenvalue weighted by atomic mass is 9.88. The van der Waals surface area contributed by atoms with Gasteiger partial charge in [-0.2, -0.15) is 0 Å². The number of anilines is 1. The lowest BCUT2D eigenvalue weighted by molar-refractivity contribution is 0.0505. The van der Waals surface area contributed by atoms with Gasteiger partial charge >= 0.3 is 5.97 Å². The van der Waals surface area contributed by atoms with Gasteiger partial charge in [0, 0.05) is 4.88 Å². The topological polar surface area (TPSA) is 52.3 Å². The van der Waals surface area contributed by atoms with E-state index in [-0.39, 0.29) is 5.97 Å². The fourth-order valence-corrected chi connectivity index (χ4v) is 3.53. The van der Waals surface area contributed by atoms with Gasteiger partial charge in [-0.3, -0.25) is 0 Å². The molecule has 0 aliphatic heterocycles. The number of nitrogen functional groups attached to an aromatic ring is 1. The Labute approximate surface area is 106 Å². The number of hydrogen-bond donors (Lipinski definition) is 1. The average Bonchev–Trinajstić information content (AvgIpc) is 2.61. The lowest BCUT2D eigenvalue weighted by Gasteiger charge is -2.18. The molecule has 1 heterocycles. The summed E-state index contributed by atoms with van der Waals surface area (Å²) in [4.78, 5) is 13.2. The van der Waals surface area contributed by atoms with E-state index in [1.807, 2.05) is 6.92 Å². The largest absolute Gasteiger partial charge is 0.462 e. The predicted octanol–water partition coefficient (Wildman–Crippen LogP) is 3.02. The van der Waals surface area contributed by atoms with E-state index in [9.17, 15) is 4.79 Å². The molecule has 94 valence electrons. The Bertz CT molecular complexity index is 425. The van der Waals surface area contributed by atoms with Crippen LogP contribution in [-0.2, 0) is 17.6 Å². The Kier molecular flexibility index (Phi) is 3.72. The zero-order valence-electron chi connectivity index (χ0n) is 10.4. The second-order valence-electron chi connectivity index (χ2n) is 4.73. The molecule has 1 aromatic rings. The third-order valence-corrected chi connectivity index (χ3v) is 4.26. The molecule has 3 nitrogen and oxygen atoms in total. The molecule has 0 saturated heterocycles. The molecular weight excluding hydrogens is 234 g/mol. The molecule has 0 fully saturated rings. The first-order chi connectivity index (χ1) is 8.13. The van der Waals surface area contributed by atoms with Crippen LogP contribution in [0.4, 0.5) is 5.00 Å². The quantitative estimate of drug-likeness (QED) is 0.842. The minimum absolute atomic E-state index is 0.239. The maximum atomic E-state index is 11.9. The Morgan fingerprint density at radius 2 is 2.35 bits per heavy atom. The van der Waals surface area contributed by atoms with Crippen LogP contribution in [0.15, 0.2) is 0 Å². The Morgan fingerprint density at radius 1 is 1.59 bits per heavy atom. The first-order valence-corrected chi connectivity index (χ1v) is 7.02. The first kappa shape index (κ1) is 12.4. The van der Waals surface area contributed by atoms with Crippen LogP contribution in [0.1, 0.15) is 47.5 Å². The van der Waals surface area contributed by atoms with Gasteiger partial charge in [-0.1, -0.05) is 13.8 Å². The number of fused-ring (bicyclic) bond motifs is 1. The highest BCUT2D eigenvalue weighted by Crippen LogP contribution is 2.38. The number of esters is 1. The van der Waals surface area contributed by atoms with Crippen LogP contribution in [0, 0.1) is 5.92 Å². The maximum absolute atomic E-state index is 11.9. The summed E-state index contributed by atoms with van der Waals surface area (Å²) in [5.74, 6) is 0.455. The predicted molar refractivity (Wildman–Crippen MR) is 70.5 cm³/mol. The number of thiophene rings is 1. The van der Waals surface area contributed by atoms with Gasteiger partial charge in [-0.05, 0) is 37.2 Å². The number of rotatable bonds is 3. The van der Waals surface area contributed by atoms with Crippen molar-refractivity contribution in [2.45, 2.75) is 39.5 Å². The summed E-state index contributed by atoms with van der Waals surface area (Å²) in [7, 11) is 0. The van der Waals surface area contributed by atoms with Gasteiger partial charge in [-0.15, -0.1) is 11.3 Å². The minimum Gasteiger partial charge on any atom is -0.462 e. The second-order valence-corrected chi connectivity index (χ2v) is 5.86. The minimum atomic E-state index is -0.239. The van der Waals surface area contributed by atoms with E-state index in [4.69, 9.17) is 10.5 Å². The average molecular weight is 253 g/mol. The smallest absolute Gasteiger partial charge is 0.341 e. The molecule has 0 spiro atoms. The molecule has 0 aromatic carbocycles. The molecule has 0 bridgehead atoms. The van der Waals surface area contributed by atoms with Gasteiger partial charge in [-0.25, -0.2) is 4.79 Å². The number of carbonyl (C=O) groups is 1. The Morgan fingerprint density at radius 3 is 3.06 bits per heavy atom. The van der Waals surface area contributed by atoms with Gasteiger partial charge in [0.25, 0.3) is 0 Å². The summed E-state index contributed by atoms with van der Waals surface area (Å²) in [5.41, 5.74) is 7.75. The van der Waals surface area contributed by atoms with Crippen LogP contribution in [0.3, 0.4) is 0 Å². The maximum Gasteiger partial charge on any atom is 0.341 e. The van der Waals surface area contributed by atoms with Crippen molar-refractivity contribution in [3.8, 4) is 0 Å². The van der Waals surface area contributed by atoms with Gasteiger partial charge in [0.2, 0.25) is 0 Å². The van der Waals surface area contributed by atoms with E-state index in [1.165, 1.54) is 4.88 Å². The van der Waals surface area contributed by atoms with Crippen molar-refractivity contribution >= 4 is 22.3 Å². The van der Waals surface area contributed by atoms with E-state index in [0.717, 1.165) is 31.2 Å². The number of ether oxygens (including phenoxy) is 1. The molecule has 1 atom stereocenters. The SMILES string of the molecule is CCCOC(=O)c1c(N)sc2c1CCC(C)C2. The Balaban J connectivity index is 2.25. The summed E-state index contributed by atoms with van der Waals surface area (Å²) in [5, 5.41) is 0.630. The number of nitrogens with two attached hydrogens (primary N) is 1. The molecule has 0 radical (unpaired) electrons. The molecule has 1 aromatic heterocycles. The fraction of sp³-hybridized carbons (Fsp3) is 0.615. The lowest BCUT2D eigenvalue weighted by Crippen LogP contribution is -2.14. The summed E-state index contributed by atoms with van der Waals surface area (Å²) in [6, 6.07) is 0. The molecule has 0 amide bonds. The summed E-state index contributed by atoms with van der Waals surface area (Å²) in [6.45, 7) is 4.70. The first-order valence-electron chi connectivity index (χ1n) is 6.20. The highest BCUT2D eigenvalue weighted by Gasteiger charge is 2.27. The zero-order valence-corrected chi connectivity index (χ0v) is 11.2. The van der Waals surface area contributed by atoms with Crippen LogP contribution in [0.2, 0.25) is 0 Å². The van der Waals surface area contributed by atoms with Crippen LogP contribution in [0.5, 0.6) is 0 Å². The highest BCUT2D eigenvalue weighted by atomic mass is 32.1. The van der Waals surface area contributed by atoms with Crippen molar-refractivity contribution in [3.05, 3.63) is 16.0 Å². The highest BCUT2D eigenvalue weighted by molar-refractivity contribution is 7.16. The van der Waals surface area contributed by atoms with Crippen molar-refractivity contribution < 1.29 is 9.53 Å². The zero-order chi connectivity index (χ0) is 12.4. The second kappa shape index (κ2) is 5.08. The van der Waals surface area contributed by atoms with Crippen molar-refractivity contribution in [1.29, 1.82) is 0 Å². The summed E-state index contributed by atoms with van der Waals surface area (Å²) in [6.07, 6.45) is 3.98. The van der Waals surface area contributed by atoms with Crippen LogP contribution < -0.4 is 5.73 Å². The molecule has 1 aliphatic rings. The molecule has 0 saturated carbocycles. The molecule has 2 rings (SSSR count). The molecule has 4 heteroatoms. The van der Waals surface area contributed by atoms with Crippen molar-refractivity contribution in [2.24, 2.45) is 5.92 Å². The fourth-order valence-electron chi connectivity index (χ4n) is 2.26. The van der Waals surface area contributed by atoms with Gasteiger partial charge in [0.05, 0.1) is 12.2 Å². The normalized spacial score (nSPS) is 18.8. The van der Waals surface area contributed by atoms with Crippen molar-refractivity contribution in [2.75, 3.05) is 12.3 Å². The third-order valence-electron chi connectivity index (χ3n) is 3.18. The molecule has 1 aliphatic carbocycles. The van der Waals surface area contributed by atoms with Crippen LogP contribution in [0.25, 0.3) is 0 Å².